The predicted molar refractivity (Wildman–Crippen MR) is 85.9 cm³/mol. The molecule has 3 aromatic rings. The number of hydrogen-bond acceptors (Lipinski definition) is 8. The van der Waals surface area contributed by atoms with Crippen molar-refractivity contribution < 1.29 is 19.2 Å². The lowest BCUT2D eigenvalue weighted by Gasteiger charge is -2.19. The zero-order valence-corrected chi connectivity index (χ0v) is 13.4. The molecule has 1 aliphatic rings. The van der Waals surface area contributed by atoms with Gasteiger partial charge in [-0.3, -0.25) is 9.88 Å². The normalized spacial score (nSPS) is 21.0. The molecule has 130 valence electrons. The first kappa shape index (κ1) is 15.9. The molecule has 0 saturated carbocycles. The molecule has 0 aliphatic carbocycles. The van der Waals surface area contributed by atoms with E-state index in [-0.39, 0.29) is 12.6 Å². The van der Waals surface area contributed by atoms with Crippen LogP contribution in [0.4, 0.5) is 0 Å². The molecule has 1 aliphatic heterocycles. The van der Waals surface area contributed by atoms with Gasteiger partial charge < -0.3 is 19.2 Å². The summed E-state index contributed by atoms with van der Waals surface area (Å²) in [5.41, 5.74) is 0.779. The molecule has 3 aromatic heterocycles. The van der Waals surface area contributed by atoms with Crippen molar-refractivity contribution in [2.24, 2.45) is 0 Å². The number of aromatic nitrogens is 3. The summed E-state index contributed by atoms with van der Waals surface area (Å²) in [6.45, 7) is 0.848. The summed E-state index contributed by atoms with van der Waals surface area (Å²) in [6.07, 6.45) is 3.41. The Balaban J connectivity index is 1.54. The standard InChI is InChI=1S/C17H18N4O4/c22-10-14-4-3-13(24-14)9-21-8-12(23)6-15(21)17-19-16(20-25-17)11-2-1-5-18-7-11/h1-5,7,12,15,22-23H,6,8-10H2. The Hall–Kier alpha value is -2.55. The molecule has 8 nitrogen and oxygen atoms in total. The monoisotopic (exact) mass is 342 g/mol. The van der Waals surface area contributed by atoms with Gasteiger partial charge in [0.1, 0.15) is 18.1 Å². The summed E-state index contributed by atoms with van der Waals surface area (Å²) >= 11 is 0. The number of likely N-dealkylation sites (tertiary alicyclic amines) is 1. The van der Waals surface area contributed by atoms with E-state index in [1.54, 1.807) is 18.5 Å². The Morgan fingerprint density at radius 1 is 1.24 bits per heavy atom. The highest BCUT2D eigenvalue weighted by Gasteiger charge is 2.36. The van der Waals surface area contributed by atoms with Crippen LogP contribution in [0.3, 0.4) is 0 Å². The number of aliphatic hydroxyl groups is 2. The molecular weight excluding hydrogens is 324 g/mol. The van der Waals surface area contributed by atoms with Gasteiger partial charge in [-0.1, -0.05) is 5.16 Å². The summed E-state index contributed by atoms with van der Waals surface area (Å²) in [5.74, 6) is 2.17. The van der Waals surface area contributed by atoms with Crippen LogP contribution < -0.4 is 0 Å². The Kier molecular flexibility index (Phi) is 4.31. The third-order valence-electron chi connectivity index (χ3n) is 4.26. The highest BCUT2D eigenvalue weighted by molar-refractivity contribution is 5.51. The van der Waals surface area contributed by atoms with Gasteiger partial charge in [-0.05, 0) is 30.7 Å². The van der Waals surface area contributed by atoms with Crippen LogP contribution in [0.2, 0.25) is 0 Å². The second-order valence-electron chi connectivity index (χ2n) is 6.06. The van der Waals surface area contributed by atoms with Crippen LogP contribution in [-0.2, 0) is 13.2 Å². The summed E-state index contributed by atoms with van der Waals surface area (Å²) < 4.78 is 11.0. The van der Waals surface area contributed by atoms with E-state index in [2.05, 4.69) is 15.1 Å². The second kappa shape index (κ2) is 6.75. The zero-order valence-electron chi connectivity index (χ0n) is 13.4. The van der Waals surface area contributed by atoms with Crippen LogP contribution in [0.1, 0.15) is 29.9 Å². The van der Waals surface area contributed by atoms with Crippen LogP contribution in [0.5, 0.6) is 0 Å². The third-order valence-corrected chi connectivity index (χ3v) is 4.26. The minimum atomic E-state index is -0.467. The SMILES string of the molecule is OCc1ccc(CN2CC(O)CC2c2nc(-c3cccnc3)no2)o1. The van der Waals surface area contributed by atoms with Gasteiger partial charge in [-0.2, -0.15) is 4.98 Å². The van der Waals surface area contributed by atoms with Crippen molar-refractivity contribution in [1.29, 1.82) is 0 Å². The minimum absolute atomic E-state index is 0.135. The Morgan fingerprint density at radius 3 is 2.88 bits per heavy atom. The number of hydrogen-bond donors (Lipinski definition) is 2. The topological polar surface area (TPSA) is 109 Å². The smallest absolute Gasteiger partial charge is 0.244 e. The number of rotatable bonds is 5. The Bertz CT molecular complexity index is 832. The molecule has 0 bridgehead atoms. The number of aliphatic hydroxyl groups excluding tert-OH is 2. The first-order chi connectivity index (χ1) is 12.2. The molecule has 0 amide bonds. The van der Waals surface area contributed by atoms with Crippen LogP contribution in [-0.4, -0.2) is 42.9 Å². The summed E-state index contributed by atoms with van der Waals surface area (Å²) in [6, 6.07) is 7.05. The largest absolute Gasteiger partial charge is 0.462 e. The van der Waals surface area contributed by atoms with Crippen molar-refractivity contribution in [1.82, 2.24) is 20.0 Å². The molecule has 2 unspecified atom stereocenters. The number of nitrogens with zero attached hydrogens (tertiary/aromatic N) is 4. The fraction of sp³-hybridized carbons (Fsp3) is 0.353. The van der Waals surface area contributed by atoms with Gasteiger partial charge in [0.15, 0.2) is 0 Å². The van der Waals surface area contributed by atoms with Crippen molar-refractivity contribution >= 4 is 0 Å². The van der Waals surface area contributed by atoms with E-state index < -0.39 is 6.10 Å². The molecule has 25 heavy (non-hydrogen) atoms. The van der Waals surface area contributed by atoms with Crippen molar-refractivity contribution in [3.8, 4) is 11.4 Å². The maximum Gasteiger partial charge on any atom is 0.244 e. The van der Waals surface area contributed by atoms with Crippen molar-refractivity contribution in [3.05, 3.63) is 54.1 Å². The van der Waals surface area contributed by atoms with Gasteiger partial charge in [0.2, 0.25) is 11.7 Å². The van der Waals surface area contributed by atoms with Crippen molar-refractivity contribution in [3.63, 3.8) is 0 Å². The summed E-state index contributed by atoms with van der Waals surface area (Å²) in [4.78, 5) is 10.6. The van der Waals surface area contributed by atoms with E-state index in [0.29, 0.717) is 37.0 Å². The number of β-amino-alcohol motifs (C(OH)–C–C–N with tert-alkyl or cyclic N) is 1. The number of pyridine rings is 1. The van der Waals surface area contributed by atoms with Crippen LogP contribution in [0.25, 0.3) is 11.4 Å². The first-order valence-electron chi connectivity index (χ1n) is 8.07. The van der Waals surface area contributed by atoms with Gasteiger partial charge in [0, 0.05) is 24.5 Å². The van der Waals surface area contributed by atoms with E-state index in [4.69, 9.17) is 14.0 Å². The molecule has 2 N–H and O–H groups in total. The molecule has 1 fully saturated rings. The summed E-state index contributed by atoms with van der Waals surface area (Å²) in [5, 5.41) is 23.2. The quantitative estimate of drug-likeness (QED) is 0.718. The van der Waals surface area contributed by atoms with Gasteiger partial charge >= 0.3 is 0 Å². The Morgan fingerprint density at radius 2 is 2.12 bits per heavy atom. The average molecular weight is 342 g/mol. The summed E-state index contributed by atoms with van der Waals surface area (Å²) in [7, 11) is 0. The predicted octanol–water partition coefficient (Wildman–Crippen LogP) is 1.52. The number of furan rings is 1. The average Bonchev–Trinajstić information content (AvgIpc) is 3.36. The minimum Gasteiger partial charge on any atom is -0.462 e. The van der Waals surface area contributed by atoms with Gasteiger partial charge in [0.05, 0.1) is 18.7 Å². The van der Waals surface area contributed by atoms with E-state index >= 15 is 0 Å². The van der Waals surface area contributed by atoms with Crippen molar-refractivity contribution in [2.75, 3.05) is 6.54 Å². The molecule has 1 saturated heterocycles. The van der Waals surface area contributed by atoms with Crippen LogP contribution >= 0.6 is 0 Å². The molecule has 4 rings (SSSR count). The molecular formula is C17H18N4O4. The maximum absolute atomic E-state index is 10.1. The van der Waals surface area contributed by atoms with Crippen molar-refractivity contribution in [2.45, 2.75) is 31.7 Å². The Labute approximate surface area is 143 Å². The van der Waals surface area contributed by atoms with Crippen LogP contribution in [0.15, 0.2) is 45.6 Å². The first-order valence-corrected chi connectivity index (χ1v) is 8.07. The van der Waals surface area contributed by atoms with E-state index in [0.717, 1.165) is 11.3 Å². The lowest BCUT2D eigenvalue weighted by molar-refractivity contribution is 0.160. The van der Waals surface area contributed by atoms with E-state index in [9.17, 15) is 5.11 Å². The second-order valence-corrected chi connectivity index (χ2v) is 6.06. The van der Waals surface area contributed by atoms with Gasteiger partial charge in [-0.25, -0.2) is 0 Å². The lowest BCUT2D eigenvalue weighted by Crippen LogP contribution is -2.24. The van der Waals surface area contributed by atoms with Gasteiger partial charge in [-0.15, -0.1) is 0 Å². The van der Waals surface area contributed by atoms with E-state index in [1.807, 2.05) is 23.1 Å². The molecule has 8 heteroatoms. The van der Waals surface area contributed by atoms with Gasteiger partial charge in [0.25, 0.3) is 0 Å². The molecule has 4 heterocycles. The fourth-order valence-corrected chi connectivity index (χ4v) is 3.09. The van der Waals surface area contributed by atoms with E-state index in [1.165, 1.54) is 0 Å². The lowest BCUT2D eigenvalue weighted by atomic mass is 10.2. The zero-order chi connectivity index (χ0) is 17.2. The fourth-order valence-electron chi connectivity index (χ4n) is 3.09. The molecule has 0 spiro atoms. The highest BCUT2D eigenvalue weighted by Crippen LogP contribution is 2.33. The highest BCUT2D eigenvalue weighted by atomic mass is 16.5. The molecule has 0 aromatic carbocycles. The maximum atomic E-state index is 10.1. The molecule has 0 radical (unpaired) electrons. The van der Waals surface area contributed by atoms with Crippen LogP contribution in [0, 0.1) is 0 Å². The third kappa shape index (κ3) is 3.32. The molecule has 2 atom stereocenters.